The molecule has 0 radical (unpaired) electrons. The Morgan fingerprint density at radius 3 is 2.78 bits per heavy atom. The highest BCUT2D eigenvalue weighted by Crippen LogP contribution is 2.37. The average Bonchev–Trinajstić information content (AvgIpc) is 2.81. The zero-order chi connectivity index (χ0) is 13.2. The lowest BCUT2D eigenvalue weighted by atomic mass is 9.70. The first-order valence-corrected chi connectivity index (χ1v) is 7.14. The maximum Gasteiger partial charge on any atom is 0.324 e. The third kappa shape index (κ3) is 2.69. The number of ether oxygens (including phenoxy) is 1. The number of rotatable bonds is 4. The summed E-state index contributed by atoms with van der Waals surface area (Å²) in [4.78, 5) is 11.7. The molecule has 1 aliphatic carbocycles. The van der Waals surface area contributed by atoms with Crippen LogP contribution in [0.15, 0.2) is 0 Å². The van der Waals surface area contributed by atoms with Crippen LogP contribution >= 0.6 is 0 Å². The fraction of sp³-hybridized carbons (Fsp3) is 0.929. The van der Waals surface area contributed by atoms with Gasteiger partial charge in [0.25, 0.3) is 0 Å². The van der Waals surface area contributed by atoms with Gasteiger partial charge in [-0.3, -0.25) is 10.1 Å². The van der Waals surface area contributed by atoms with Gasteiger partial charge in [0.1, 0.15) is 5.54 Å². The van der Waals surface area contributed by atoms with Crippen LogP contribution in [-0.4, -0.2) is 35.9 Å². The van der Waals surface area contributed by atoms with E-state index in [-0.39, 0.29) is 12.0 Å². The third-order valence-electron chi connectivity index (χ3n) is 4.68. The molecule has 2 rings (SSSR count). The van der Waals surface area contributed by atoms with E-state index in [2.05, 4.69) is 19.2 Å². The second kappa shape index (κ2) is 5.57. The van der Waals surface area contributed by atoms with E-state index < -0.39 is 11.5 Å². The van der Waals surface area contributed by atoms with E-state index in [0.717, 1.165) is 38.7 Å². The number of aliphatic carboxylic acids is 1. The lowest BCUT2D eigenvalue weighted by molar-refractivity contribution is -0.149. The molecule has 0 aromatic rings. The normalized spacial score (nSPS) is 40.9. The van der Waals surface area contributed by atoms with Crippen LogP contribution in [-0.2, 0) is 9.53 Å². The van der Waals surface area contributed by atoms with Gasteiger partial charge < -0.3 is 9.84 Å². The van der Waals surface area contributed by atoms with Crippen molar-refractivity contribution < 1.29 is 14.6 Å². The van der Waals surface area contributed by atoms with E-state index in [0.29, 0.717) is 12.5 Å². The number of hydrogen-bond acceptors (Lipinski definition) is 3. The Kier molecular flexibility index (Phi) is 4.28. The van der Waals surface area contributed by atoms with Crippen molar-refractivity contribution in [2.75, 3.05) is 13.2 Å². The van der Waals surface area contributed by atoms with Crippen molar-refractivity contribution in [3.8, 4) is 0 Å². The number of carboxylic acid groups (broad SMARTS) is 1. The molecule has 4 nitrogen and oxygen atoms in total. The van der Waals surface area contributed by atoms with E-state index in [1.165, 1.54) is 0 Å². The summed E-state index contributed by atoms with van der Waals surface area (Å²) in [6.45, 7) is 5.76. The van der Waals surface area contributed by atoms with E-state index in [4.69, 9.17) is 4.74 Å². The average molecular weight is 255 g/mol. The highest BCUT2D eigenvalue weighted by Gasteiger charge is 2.46. The summed E-state index contributed by atoms with van der Waals surface area (Å²) in [5.74, 6) is 0.122. The molecule has 1 heterocycles. The molecular formula is C14H25NO3. The smallest absolute Gasteiger partial charge is 0.324 e. The van der Waals surface area contributed by atoms with Crippen molar-refractivity contribution in [2.45, 2.75) is 57.6 Å². The van der Waals surface area contributed by atoms with Crippen LogP contribution < -0.4 is 5.32 Å². The first-order valence-electron chi connectivity index (χ1n) is 7.14. The number of carboxylic acids is 1. The summed E-state index contributed by atoms with van der Waals surface area (Å²) in [5.41, 5.74) is -0.738. The molecule has 4 unspecified atom stereocenters. The van der Waals surface area contributed by atoms with Crippen molar-refractivity contribution in [3.63, 3.8) is 0 Å². The fourth-order valence-corrected chi connectivity index (χ4v) is 3.40. The van der Waals surface area contributed by atoms with Crippen molar-refractivity contribution >= 4 is 5.97 Å². The van der Waals surface area contributed by atoms with E-state index in [9.17, 15) is 9.90 Å². The molecule has 0 spiro atoms. The second-order valence-electron chi connectivity index (χ2n) is 6.07. The van der Waals surface area contributed by atoms with Crippen molar-refractivity contribution in [3.05, 3.63) is 0 Å². The summed E-state index contributed by atoms with van der Waals surface area (Å²) in [7, 11) is 0. The molecule has 18 heavy (non-hydrogen) atoms. The lowest BCUT2D eigenvalue weighted by Crippen LogP contribution is -2.60. The summed E-state index contributed by atoms with van der Waals surface area (Å²) in [6.07, 6.45) is 5.07. The number of carbonyl (C=O) groups is 1. The van der Waals surface area contributed by atoms with Crippen LogP contribution in [0.25, 0.3) is 0 Å². The maximum atomic E-state index is 11.7. The van der Waals surface area contributed by atoms with Gasteiger partial charge in [-0.25, -0.2) is 0 Å². The van der Waals surface area contributed by atoms with Crippen LogP contribution in [0.5, 0.6) is 0 Å². The van der Waals surface area contributed by atoms with Gasteiger partial charge in [0.2, 0.25) is 0 Å². The predicted molar refractivity (Wildman–Crippen MR) is 69.5 cm³/mol. The molecule has 4 atom stereocenters. The second-order valence-corrected chi connectivity index (χ2v) is 6.07. The molecule has 2 fully saturated rings. The molecule has 1 saturated heterocycles. The fourth-order valence-electron chi connectivity index (χ4n) is 3.40. The number of hydrogen-bond donors (Lipinski definition) is 2. The zero-order valence-electron chi connectivity index (χ0n) is 11.4. The minimum Gasteiger partial charge on any atom is -0.480 e. The van der Waals surface area contributed by atoms with Crippen molar-refractivity contribution in [1.29, 1.82) is 0 Å². The Balaban J connectivity index is 1.99. The standard InChI is InChI=1S/C14H25NO3/c1-10-5-6-14(13(16)17,11(2)8-10)15-9-12-4-3-7-18-12/h10-12,15H,3-9H2,1-2H3,(H,16,17). The van der Waals surface area contributed by atoms with Crippen LogP contribution in [0.2, 0.25) is 0 Å². The van der Waals surface area contributed by atoms with Gasteiger partial charge in [-0.1, -0.05) is 13.8 Å². The largest absolute Gasteiger partial charge is 0.480 e. The van der Waals surface area contributed by atoms with Gasteiger partial charge in [-0.15, -0.1) is 0 Å². The van der Waals surface area contributed by atoms with Crippen LogP contribution in [0.4, 0.5) is 0 Å². The monoisotopic (exact) mass is 255 g/mol. The molecule has 1 aliphatic heterocycles. The first kappa shape index (κ1) is 13.8. The minimum absolute atomic E-state index is 0.181. The zero-order valence-corrected chi connectivity index (χ0v) is 11.4. The van der Waals surface area contributed by atoms with Gasteiger partial charge >= 0.3 is 5.97 Å². The van der Waals surface area contributed by atoms with Crippen molar-refractivity contribution in [1.82, 2.24) is 5.32 Å². The Bertz CT molecular complexity index is 301. The highest BCUT2D eigenvalue weighted by atomic mass is 16.5. The molecule has 4 heteroatoms. The molecule has 2 N–H and O–H groups in total. The molecule has 0 amide bonds. The summed E-state index contributed by atoms with van der Waals surface area (Å²) in [5, 5.41) is 12.9. The first-order chi connectivity index (χ1) is 8.54. The van der Waals surface area contributed by atoms with Crippen LogP contribution in [0, 0.1) is 11.8 Å². The van der Waals surface area contributed by atoms with Gasteiger partial charge in [0.05, 0.1) is 6.10 Å². The lowest BCUT2D eigenvalue weighted by Gasteiger charge is -2.42. The minimum atomic E-state index is -0.738. The van der Waals surface area contributed by atoms with Gasteiger partial charge in [-0.05, 0) is 43.9 Å². The van der Waals surface area contributed by atoms with Crippen molar-refractivity contribution in [2.24, 2.45) is 11.8 Å². The predicted octanol–water partition coefficient (Wildman–Crippen LogP) is 2.03. The maximum absolute atomic E-state index is 11.7. The molecule has 104 valence electrons. The summed E-state index contributed by atoms with van der Waals surface area (Å²) in [6, 6.07) is 0. The van der Waals surface area contributed by atoms with Crippen LogP contribution in [0.3, 0.4) is 0 Å². The molecule has 0 bridgehead atoms. The summed E-state index contributed by atoms with van der Waals surface area (Å²) >= 11 is 0. The van der Waals surface area contributed by atoms with E-state index in [1.54, 1.807) is 0 Å². The molecule has 0 aromatic heterocycles. The van der Waals surface area contributed by atoms with Gasteiger partial charge in [0.15, 0.2) is 0 Å². The Morgan fingerprint density at radius 2 is 2.22 bits per heavy atom. The molecular weight excluding hydrogens is 230 g/mol. The third-order valence-corrected chi connectivity index (χ3v) is 4.68. The molecule has 0 aromatic carbocycles. The molecule has 1 saturated carbocycles. The van der Waals surface area contributed by atoms with E-state index >= 15 is 0 Å². The molecule has 2 aliphatic rings. The van der Waals surface area contributed by atoms with Crippen LogP contribution in [0.1, 0.15) is 46.0 Å². The van der Waals surface area contributed by atoms with E-state index in [1.807, 2.05) is 0 Å². The topological polar surface area (TPSA) is 58.6 Å². The van der Waals surface area contributed by atoms with Gasteiger partial charge in [-0.2, -0.15) is 0 Å². The van der Waals surface area contributed by atoms with Gasteiger partial charge in [0, 0.05) is 13.2 Å². The Hall–Kier alpha value is -0.610. The number of nitrogens with one attached hydrogen (secondary N) is 1. The highest BCUT2D eigenvalue weighted by molar-refractivity contribution is 5.79. The quantitative estimate of drug-likeness (QED) is 0.807. The Labute approximate surface area is 109 Å². The SMILES string of the molecule is CC1CCC(NCC2CCCO2)(C(=O)O)C(C)C1. The Morgan fingerprint density at radius 1 is 1.44 bits per heavy atom. The summed E-state index contributed by atoms with van der Waals surface area (Å²) < 4.78 is 5.57.